The molecule has 1 N–H and O–H groups in total. The van der Waals surface area contributed by atoms with Crippen LogP contribution >= 0.6 is 0 Å². The second-order valence-electron chi connectivity index (χ2n) is 5.70. The van der Waals surface area contributed by atoms with Gasteiger partial charge in [-0.25, -0.2) is 0 Å². The van der Waals surface area contributed by atoms with Crippen molar-refractivity contribution in [2.24, 2.45) is 7.05 Å². The molecule has 1 fully saturated rings. The molecule has 0 aliphatic carbocycles. The quantitative estimate of drug-likeness (QED) is 0.889. The van der Waals surface area contributed by atoms with E-state index in [4.69, 9.17) is 0 Å². The summed E-state index contributed by atoms with van der Waals surface area (Å²) in [6.07, 6.45) is 1.98. The number of likely N-dealkylation sites (tertiary alicyclic amines) is 1. The number of piperidine rings is 1. The van der Waals surface area contributed by atoms with E-state index in [0.29, 0.717) is 18.5 Å². The van der Waals surface area contributed by atoms with Gasteiger partial charge in [0.2, 0.25) is 5.43 Å². The highest BCUT2D eigenvalue weighted by molar-refractivity contribution is 5.95. The molecule has 0 radical (unpaired) electrons. The maximum Gasteiger partial charge on any atom is 0.278 e. The lowest BCUT2D eigenvalue weighted by molar-refractivity contribution is 0.0689. The highest BCUT2D eigenvalue weighted by atomic mass is 16.2. The van der Waals surface area contributed by atoms with Crippen molar-refractivity contribution in [3.05, 3.63) is 40.2 Å². The van der Waals surface area contributed by atoms with Gasteiger partial charge in [-0.1, -0.05) is 12.1 Å². The lowest BCUT2D eigenvalue weighted by Gasteiger charge is -2.32. The first kappa shape index (κ1) is 14.7. The topological polar surface area (TPSA) is 67.2 Å². The number of nitrogens with one attached hydrogen (secondary N) is 1. The molecule has 1 aromatic heterocycles. The Bertz CT molecular complexity index is 768. The first-order valence-corrected chi connectivity index (χ1v) is 7.54. The van der Waals surface area contributed by atoms with Gasteiger partial charge in [-0.3, -0.25) is 14.3 Å². The van der Waals surface area contributed by atoms with E-state index in [1.165, 1.54) is 0 Å². The van der Waals surface area contributed by atoms with E-state index in [1.807, 2.05) is 19.2 Å². The molecule has 1 atom stereocenters. The van der Waals surface area contributed by atoms with Gasteiger partial charge in [0.15, 0.2) is 5.69 Å². The zero-order valence-electron chi connectivity index (χ0n) is 12.9. The van der Waals surface area contributed by atoms with Gasteiger partial charge in [-0.15, -0.1) is 0 Å². The summed E-state index contributed by atoms with van der Waals surface area (Å²) in [5.74, 6) is -0.272. The largest absolute Gasteiger partial charge is 0.336 e. The van der Waals surface area contributed by atoms with Crippen molar-refractivity contribution in [2.75, 3.05) is 20.1 Å². The molecular weight excluding hydrogens is 280 g/mol. The lowest BCUT2D eigenvalue weighted by Crippen LogP contribution is -2.48. The first-order valence-electron chi connectivity index (χ1n) is 7.54. The molecule has 116 valence electrons. The average molecular weight is 300 g/mol. The number of nitrogens with zero attached hydrogens (tertiary/aromatic N) is 3. The molecule has 6 nitrogen and oxygen atoms in total. The Kier molecular flexibility index (Phi) is 3.94. The van der Waals surface area contributed by atoms with Crippen molar-refractivity contribution < 1.29 is 4.79 Å². The standard InChI is InChI=1S/C16H20N4O2/c1-17-11-6-5-9-20(10-11)16(22)14-15(21)12-7-3-4-8-13(12)19(2)18-14/h3-4,7-8,11,17H,5-6,9-10H2,1-2H3. The van der Waals surface area contributed by atoms with Gasteiger partial charge in [0.05, 0.1) is 5.52 Å². The van der Waals surface area contributed by atoms with Crippen molar-refractivity contribution >= 4 is 16.8 Å². The average Bonchev–Trinajstić information content (AvgIpc) is 2.57. The maximum atomic E-state index is 12.7. The zero-order chi connectivity index (χ0) is 15.7. The molecule has 2 heterocycles. The number of likely N-dealkylation sites (N-methyl/N-ethyl adjacent to an activating group) is 1. The van der Waals surface area contributed by atoms with Crippen LogP contribution in [0.4, 0.5) is 0 Å². The Morgan fingerprint density at radius 1 is 1.36 bits per heavy atom. The minimum Gasteiger partial charge on any atom is -0.336 e. The van der Waals surface area contributed by atoms with E-state index in [1.54, 1.807) is 28.8 Å². The van der Waals surface area contributed by atoms with Crippen LogP contribution < -0.4 is 10.7 Å². The van der Waals surface area contributed by atoms with Crippen molar-refractivity contribution in [3.8, 4) is 0 Å². The third-order valence-corrected chi connectivity index (χ3v) is 4.28. The van der Waals surface area contributed by atoms with Crippen LogP contribution in [-0.2, 0) is 7.05 Å². The number of para-hydroxylation sites is 1. The molecule has 0 saturated carbocycles. The SMILES string of the molecule is CNC1CCCN(C(=O)c2nn(C)c3ccccc3c2=O)C1. The number of hydrogen-bond acceptors (Lipinski definition) is 4. The molecule has 1 aliphatic rings. The number of carbonyl (C=O) groups excluding carboxylic acids is 1. The van der Waals surface area contributed by atoms with Gasteiger partial charge in [0.25, 0.3) is 5.91 Å². The highest BCUT2D eigenvalue weighted by Gasteiger charge is 2.27. The molecule has 1 unspecified atom stereocenters. The van der Waals surface area contributed by atoms with Crippen LogP contribution in [0.1, 0.15) is 23.3 Å². The number of aryl methyl sites for hydroxylation is 1. The molecule has 0 bridgehead atoms. The molecule has 1 aliphatic heterocycles. The van der Waals surface area contributed by atoms with Crippen molar-refractivity contribution in [1.82, 2.24) is 20.0 Å². The van der Waals surface area contributed by atoms with Crippen LogP contribution in [-0.4, -0.2) is 46.8 Å². The number of hydrogen-bond donors (Lipinski definition) is 1. The van der Waals surface area contributed by atoms with Crippen molar-refractivity contribution in [3.63, 3.8) is 0 Å². The van der Waals surface area contributed by atoms with E-state index < -0.39 is 0 Å². The molecule has 22 heavy (non-hydrogen) atoms. The Labute approximate surface area is 128 Å². The van der Waals surface area contributed by atoms with E-state index >= 15 is 0 Å². The summed E-state index contributed by atoms with van der Waals surface area (Å²) in [6, 6.07) is 7.50. The van der Waals surface area contributed by atoms with Crippen LogP contribution in [0, 0.1) is 0 Å². The predicted molar refractivity (Wildman–Crippen MR) is 85.0 cm³/mol. The molecule has 1 saturated heterocycles. The minimum atomic E-state index is -0.287. The monoisotopic (exact) mass is 300 g/mol. The number of carbonyl (C=O) groups is 1. The summed E-state index contributed by atoms with van der Waals surface area (Å²) in [4.78, 5) is 27.0. The van der Waals surface area contributed by atoms with Gasteiger partial charge in [0, 0.05) is 31.6 Å². The van der Waals surface area contributed by atoms with Crippen LogP contribution in [0.15, 0.2) is 29.1 Å². The summed E-state index contributed by atoms with van der Waals surface area (Å²) in [7, 11) is 3.65. The summed E-state index contributed by atoms with van der Waals surface area (Å²) < 4.78 is 1.60. The predicted octanol–water partition coefficient (Wildman–Crippen LogP) is 0.757. The summed E-state index contributed by atoms with van der Waals surface area (Å²) >= 11 is 0. The van der Waals surface area contributed by atoms with Crippen LogP contribution in [0.5, 0.6) is 0 Å². The zero-order valence-corrected chi connectivity index (χ0v) is 12.9. The van der Waals surface area contributed by atoms with Crippen LogP contribution in [0.3, 0.4) is 0 Å². The van der Waals surface area contributed by atoms with Crippen molar-refractivity contribution in [2.45, 2.75) is 18.9 Å². The summed E-state index contributed by atoms with van der Waals surface area (Å²) in [6.45, 7) is 1.29. The number of amides is 1. The molecule has 3 rings (SSSR count). The molecule has 6 heteroatoms. The molecule has 1 aromatic carbocycles. The third-order valence-electron chi connectivity index (χ3n) is 4.28. The van der Waals surface area contributed by atoms with E-state index in [2.05, 4.69) is 10.4 Å². The first-order chi connectivity index (χ1) is 10.6. The van der Waals surface area contributed by atoms with E-state index in [9.17, 15) is 9.59 Å². The fraction of sp³-hybridized carbons (Fsp3) is 0.438. The summed E-state index contributed by atoms with van der Waals surface area (Å²) in [5, 5.41) is 7.95. The highest BCUT2D eigenvalue weighted by Crippen LogP contribution is 2.13. The number of fused-ring (bicyclic) bond motifs is 1. The Hall–Kier alpha value is -2.21. The van der Waals surface area contributed by atoms with Gasteiger partial charge in [0.1, 0.15) is 0 Å². The lowest BCUT2D eigenvalue weighted by atomic mass is 10.1. The van der Waals surface area contributed by atoms with Crippen LogP contribution in [0.2, 0.25) is 0 Å². The fourth-order valence-corrected chi connectivity index (χ4v) is 3.01. The van der Waals surface area contributed by atoms with Crippen molar-refractivity contribution in [1.29, 1.82) is 0 Å². The normalized spacial score (nSPS) is 18.6. The second-order valence-corrected chi connectivity index (χ2v) is 5.70. The molecule has 1 amide bonds. The minimum absolute atomic E-state index is 0.0120. The molecular formula is C16H20N4O2. The van der Waals surface area contributed by atoms with Gasteiger partial charge in [-0.05, 0) is 32.0 Å². The maximum absolute atomic E-state index is 12.7. The van der Waals surface area contributed by atoms with Gasteiger partial charge < -0.3 is 10.2 Å². The Balaban J connectivity index is 2.01. The Morgan fingerprint density at radius 2 is 2.14 bits per heavy atom. The van der Waals surface area contributed by atoms with Gasteiger partial charge >= 0.3 is 0 Å². The van der Waals surface area contributed by atoms with E-state index in [-0.39, 0.29) is 23.1 Å². The molecule has 0 spiro atoms. The smallest absolute Gasteiger partial charge is 0.278 e. The number of benzene rings is 1. The third kappa shape index (κ3) is 2.50. The second kappa shape index (κ2) is 5.88. The fourth-order valence-electron chi connectivity index (χ4n) is 3.01. The summed E-state index contributed by atoms with van der Waals surface area (Å²) in [5.41, 5.74) is 0.457. The Morgan fingerprint density at radius 3 is 2.91 bits per heavy atom. The number of aromatic nitrogens is 2. The van der Waals surface area contributed by atoms with Crippen LogP contribution in [0.25, 0.3) is 10.9 Å². The molecule has 2 aromatic rings. The van der Waals surface area contributed by atoms with Gasteiger partial charge in [-0.2, -0.15) is 5.10 Å². The van der Waals surface area contributed by atoms with E-state index in [0.717, 1.165) is 18.4 Å². The number of rotatable bonds is 2.